The van der Waals surface area contributed by atoms with Gasteiger partial charge in [-0.3, -0.25) is 18.3 Å². The minimum atomic E-state index is -0.392. The molecule has 0 saturated heterocycles. The Hall–Kier alpha value is -3.35. The molecule has 0 aliphatic rings. The van der Waals surface area contributed by atoms with E-state index < -0.39 is 5.69 Å². The predicted octanol–water partition coefficient (Wildman–Crippen LogP) is 1.40. The second-order valence-electron chi connectivity index (χ2n) is 5.80. The number of hydrogen-bond donors (Lipinski definition) is 0. The van der Waals surface area contributed by atoms with Gasteiger partial charge >= 0.3 is 5.69 Å². The molecule has 0 fully saturated rings. The Morgan fingerprint density at radius 1 is 1.12 bits per heavy atom. The summed E-state index contributed by atoms with van der Waals surface area (Å²) in [5.41, 5.74) is 1.48. The molecule has 0 radical (unpaired) electrons. The molecule has 7 heteroatoms. The second-order valence-corrected chi connectivity index (χ2v) is 5.80. The van der Waals surface area contributed by atoms with Crippen molar-refractivity contribution in [2.45, 2.75) is 6.54 Å². The molecule has 0 N–H and O–H groups in total. The highest BCUT2D eigenvalue weighted by Gasteiger charge is 2.17. The number of pyridine rings is 1. The maximum Gasteiger partial charge on any atom is 0.332 e. The molecule has 0 amide bonds. The molecule has 0 saturated carbocycles. The number of hydrogen-bond acceptors (Lipinski definition) is 4. The van der Waals surface area contributed by atoms with Crippen LogP contribution in [0.2, 0.25) is 0 Å². The Bertz CT molecular complexity index is 1200. The van der Waals surface area contributed by atoms with Crippen LogP contribution in [0.5, 0.6) is 5.75 Å². The molecule has 25 heavy (non-hydrogen) atoms. The number of ether oxygens (including phenoxy) is 1. The van der Waals surface area contributed by atoms with Crippen molar-refractivity contribution in [3.8, 4) is 5.75 Å². The van der Waals surface area contributed by atoms with Gasteiger partial charge in [0.15, 0.2) is 11.2 Å². The van der Waals surface area contributed by atoms with E-state index in [1.165, 1.54) is 11.6 Å². The van der Waals surface area contributed by atoms with Gasteiger partial charge in [0.2, 0.25) is 0 Å². The van der Waals surface area contributed by atoms with E-state index in [0.29, 0.717) is 29.1 Å². The zero-order valence-corrected chi connectivity index (χ0v) is 13.8. The number of nitrogens with zero attached hydrogens (tertiary/aromatic N) is 4. The van der Waals surface area contributed by atoms with Crippen LogP contribution in [0.25, 0.3) is 16.8 Å². The number of benzene rings is 1. The average Bonchev–Trinajstić information content (AvgIpc) is 3.02. The molecule has 0 atom stereocenters. The molecule has 3 heterocycles. The van der Waals surface area contributed by atoms with Crippen LogP contribution in [0, 0.1) is 0 Å². The first-order valence-corrected chi connectivity index (χ1v) is 7.79. The number of rotatable bonds is 3. The van der Waals surface area contributed by atoms with Gasteiger partial charge in [-0.1, -0.05) is 30.3 Å². The van der Waals surface area contributed by atoms with Crippen molar-refractivity contribution in [1.29, 1.82) is 0 Å². The molecular weight excluding hydrogens is 320 g/mol. The fourth-order valence-corrected chi connectivity index (χ4v) is 2.95. The van der Waals surface area contributed by atoms with Crippen molar-refractivity contribution in [2.75, 3.05) is 7.11 Å². The Balaban J connectivity index is 2.08. The zero-order valence-electron chi connectivity index (χ0n) is 13.8. The first kappa shape index (κ1) is 15.2. The van der Waals surface area contributed by atoms with Crippen LogP contribution in [0.15, 0.2) is 58.3 Å². The first-order valence-electron chi connectivity index (χ1n) is 7.79. The molecule has 1 aromatic carbocycles. The molecule has 0 bridgehead atoms. The summed E-state index contributed by atoms with van der Waals surface area (Å²) in [6.07, 6.45) is 1.72. The lowest BCUT2D eigenvalue weighted by atomic mass is 10.2. The van der Waals surface area contributed by atoms with Crippen molar-refractivity contribution in [3.63, 3.8) is 0 Å². The Morgan fingerprint density at radius 3 is 2.60 bits per heavy atom. The molecule has 3 aromatic heterocycles. The fourth-order valence-electron chi connectivity index (χ4n) is 2.95. The van der Waals surface area contributed by atoms with Gasteiger partial charge in [-0.05, 0) is 11.6 Å². The summed E-state index contributed by atoms with van der Waals surface area (Å²) in [7, 11) is 3.05. The standard InChI is InChI=1S/C18H16N4O3/c1-20-17(23)15-16(19-14-10-13(25-2)8-9-21(14)15)22(18(20)24)11-12-6-4-3-5-7-12/h3-10H,11H2,1-2H3. The van der Waals surface area contributed by atoms with E-state index in [9.17, 15) is 9.59 Å². The third-order valence-electron chi connectivity index (χ3n) is 4.28. The normalized spacial score (nSPS) is 11.3. The van der Waals surface area contributed by atoms with E-state index in [2.05, 4.69) is 4.98 Å². The maximum atomic E-state index is 12.7. The molecule has 126 valence electrons. The van der Waals surface area contributed by atoms with Crippen molar-refractivity contribution in [1.82, 2.24) is 18.5 Å². The molecule has 0 unspecified atom stereocenters. The molecular formula is C18H16N4O3. The highest BCUT2D eigenvalue weighted by Crippen LogP contribution is 2.18. The zero-order chi connectivity index (χ0) is 17.6. The molecule has 4 rings (SSSR count). The molecule has 7 nitrogen and oxygen atoms in total. The van der Waals surface area contributed by atoms with Gasteiger partial charge in [0, 0.05) is 19.3 Å². The van der Waals surface area contributed by atoms with Crippen LogP contribution in [0.3, 0.4) is 0 Å². The highest BCUT2D eigenvalue weighted by molar-refractivity contribution is 5.76. The second kappa shape index (κ2) is 5.62. The third kappa shape index (κ3) is 2.32. The van der Waals surface area contributed by atoms with Gasteiger partial charge in [-0.15, -0.1) is 0 Å². The van der Waals surface area contributed by atoms with E-state index in [1.807, 2.05) is 30.3 Å². The summed E-state index contributed by atoms with van der Waals surface area (Å²) in [4.78, 5) is 29.8. The number of methoxy groups -OCH3 is 1. The van der Waals surface area contributed by atoms with Crippen molar-refractivity contribution >= 4 is 16.8 Å². The minimum absolute atomic E-state index is 0.339. The van der Waals surface area contributed by atoms with E-state index in [4.69, 9.17) is 4.74 Å². The minimum Gasteiger partial charge on any atom is -0.497 e. The average molecular weight is 336 g/mol. The lowest BCUT2D eigenvalue weighted by Gasteiger charge is -2.09. The van der Waals surface area contributed by atoms with Gasteiger partial charge in [0.05, 0.1) is 13.7 Å². The van der Waals surface area contributed by atoms with Gasteiger partial charge in [0.1, 0.15) is 11.4 Å². The maximum absolute atomic E-state index is 12.7. The largest absolute Gasteiger partial charge is 0.497 e. The summed E-state index contributed by atoms with van der Waals surface area (Å²) in [6, 6.07) is 13.1. The molecule has 0 aliphatic heterocycles. The molecule has 4 aromatic rings. The molecule has 0 aliphatic carbocycles. The van der Waals surface area contributed by atoms with Crippen LogP contribution in [-0.4, -0.2) is 25.6 Å². The summed E-state index contributed by atoms with van der Waals surface area (Å²) in [6.45, 7) is 0.339. The fraction of sp³-hybridized carbons (Fsp3) is 0.167. The van der Waals surface area contributed by atoms with E-state index in [1.54, 1.807) is 29.8 Å². The smallest absolute Gasteiger partial charge is 0.332 e. The number of aromatic nitrogens is 4. The monoisotopic (exact) mass is 336 g/mol. The van der Waals surface area contributed by atoms with Gasteiger partial charge in [-0.2, -0.15) is 0 Å². The summed E-state index contributed by atoms with van der Waals surface area (Å²) >= 11 is 0. The molecule has 0 spiro atoms. The van der Waals surface area contributed by atoms with Gasteiger partial charge < -0.3 is 4.74 Å². The highest BCUT2D eigenvalue weighted by atomic mass is 16.5. The Labute approximate surface area is 142 Å². The summed E-state index contributed by atoms with van der Waals surface area (Å²) in [5, 5.41) is 0. The summed E-state index contributed by atoms with van der Waals surface area (Å²) in [5.74, 6) is 0.636. The van der Waals surface area contributed by atoms with E-state index in [0.717, 1.165) is 10.1 Å². The van der Waals surface area contributed by atoms with Crippen molar-refractivity contribution in [2.24, 2.45) is 7.05 Å². The van der Waals surface area contributed by atoms with Crippen LogP contribution in [0.4, 0.5) is 0 Å². The van der Waals surface area contributed by atoms with Crippen LogP contribution >= 0.6 is 0 Å². The first-order chi connectivity index (χ1) is 12.1. The lowest BCUT2D eigenvalue weighted by molar-refractivity contribution is 0.414. The topological polar surface area (TPSA) is 70.5 Å². The Morgan fingerprint density at radius 2 is 1.88 bits per heavy atom. The number of imidazole rings is 1. The van der Waals surface area contributed by atoms with Crippen LogP contribution < -0.4 is 16.0 Å². The van der Waals surface area contributed by atoms with Gasteiger partial charge in [-0.25, -0.2) is 9.78 Å². The SMILES string of the molecule is COc1ccn2c(c1)nc1c2c(=O)n(C)c(=O)n1Cc1ccccc1. The quantitative estimate of drug-likeness (QED) is 0.567. The third-order valence-corrected chi connectivity index (χ3v) is 4.28. The Kier molecular flexibility index (Phi) is 3.42. The van der Waals surface area contributed by atoms with Gasteiger partial charge in [0.25, 0.3) is 5.56 Å². The lowest BCUT2D eigenvalue weighted by Crippen LogP contribution is -2.38. The van der Waals surface area contributed by atoms with Crippen LogP contribution in [-0.2, 0) is 13.6 Å². The van der Waals surface area contributed by atoms with Crippen molar-refractivity contribution in [3.05, 3.63) is 75.1 Å². The summed E-state index contributed by atoms with van der Waals surface area (Å²) < 4.78 is 9.53. The van der Waals surface area contributed by atoms with Crippen molar-refractivity contribution < 1.29 is 4.74 Å². The van der Waals surface area contributed by atoms with Crippen LogP contribution in [0.1, 0.15) is 5.56 Å². The van der Waals surface area contributed by atoms with E-state index in [-0.39, 0.29) is 5.56 Å². The predicted molar refractivity (Wildman–Crippen MR) is 94.3 cm³/mol. The number of fused-ring (bicyclic) bond motifs is 3. The van der Waals surface area contributed by atoms with E-state index >= 15 is 0 Å².